The minimum atomic E-state index is -0.476. The van der Waals surface area contributed by atoms with Crippen LogP contribution in [0.4, 0.5) is 17.1 Å². The lowest BCUT2D eigenvalue weighted by molar-refractivity contribution is -0.142. The fourth-order valence-electron chi connectivity index (χ4n) is 3.62. The summed E-state index contributed by atoms with van der Waals surface area (Å²) in [4.78, 5) is 26.7. The highest BCUT2D eigenvalue weighted by molar-refractivity contribution is 5.83. The molecule has 3 rings (SSSR count). The van der Waals surface area contributed by atoms with E-state index in [1.807, 2.05) is 50.2 Å². The van der Waals surface area contributed by atoms with E-state index in [1.165, 1.54) is 17.2 Å². The van der Waals surface area contributed by atoms with Gasteiger partial charge < -0.3 is 19.3 Å². The van der Waals surface area contributed by atoms with Crippen molar-refractivity contribution in [3.05, 3.63) is 109 Å². The first-order chi connectivity index (χ1) is 17.3. The van der Waals surface area contributed by atoms with Crippen LogP contribution in [0, 0.1) is 0 Å². The van der Waals surface area contributed by atoms with Gasteiger partial charge in [-0.15, -0.1) is 0 Å². The summed E-state index contributed by atoms with van der Waals surface area (Å²) in [7, 11) is 3.89. The monoisotopic (exact) mass is 484 g/mol. The van der Waals surface area contributed by atoms with E-state index in [0.717, 1.165) is 36.0 Å². The van der Waals surface area contributed by atoms with Gasteiger partial charge in [-0.2, -0.15) is 0 Å². The first-order valence-corrected chi connectivity index (χ1v) is 11.7. The highest BCUT2D eigenvalue weighted by Crippen LogP contribution is 2.26. The molecule has 0 bridgehead atoms. The molecule has 0 heterocycles. The van der Waals surface area contributed by atoms with E-state index in [2.05, 4.69) is 54.5 Å². The van der Waals surface area contributed by atoms with E-state index in [4.69, 9.17) is 9.47 Å². The summed E-state index contributed by atoms with van der Waals surface area (Å²) in [6.45, 7) is 8.66. The normalized spacial score (nSPS) is 11.2. The van der Waals surface area contributed by atoms with Crippen molar-refractivity contribution in [2.45, 2.75) is 26.0 Å². The Morgan fingerprint density at radius 2 is 1.19 bits per heavy atom. The molecule has 0 spiro atoms. The van der Waals surface area contributed by atoms with Crippen molar-refractivity contribution in [2.75, 3.05) is 23.9 Å². The second kappa shape index (κ2) is 12.4. The smallest absolute Gasteiger partial charge is 0.335 e. The molecule has 186 valence electrons. The standard InChI is InChI=1S/C30H32N2O4/c1-6-29(33)35-22(3)31(4)25-14-10-23(11-15-25)8-9-24-12-16-26(17-13-24)32(5)27-18-20-28(21-19-27)36-30(34)7-2/h6-7,10-22H,1-2,8-9H2,3-5H3. The quantitative estimate of drug-likeness (QED) is 0.147. The molecule has 36 heavy (non-hydrogen) atoms. The highest BCUT2D eigenvalue weighted by Gasteiger charge is 2.13. The van der Waals surface area contributed by atoms with Gasteiger partial charge in [-0.25, -0.2) is 9.59 Å². The van der Waals surface area contributed by atoms with Gasteiger partial charge in [0.1, 0.15) is 5.75 Å². The van der Waals surface area contributed by atoms with E-state index >= 15 is 0 Å². The highest BCUT2D eigenvalue weighted by atomic mass is 16.6. The number of rotatable bonds is 11. The Morgan fingerprint density at radius 3 is 1.67 bits per heavy atom. The maximum Gasteiger partial charge on any atom is 0.335 e. The van der Waals surface area contributed by atoms with Crippen LogP contribution in [0.5, 0.6) is 5.75 Å². The number of benzene rings is 3. The third-order valence-electron chi connectivity index (χ3n) is 5.98. The fraction of sp³-hybridized carbons (Fsp3) is 0.200. The van der Waals surface area contributed by atoms with Crippen molar-refractivity contribution in [1.29, 1.82) is 0 Å². The minimum absolute atomic E-state index is 0.384. The summed E-state index contributed by atoms with van der Waals surface area (Å²) >= 11 is 0. The van der Waals surface area contributed by atoms with Gasteiger partial charge >= 0.3 is 11.9 Å². The number of hydrogen-bond donors (Lipinski definition) is 0. The molecule has 6 nitrogen and oxygen atoms in total. The van der Waals surface area contributed by atoms with Crippen molar-refractivity contribution in [1.82, 2.24) is 0 Å². The Labute approximate surface area is 213 Å². The molecule has 3 aromatic rings. The number of carbonyl (C=O) groups is 2. The number of esters is 2. The predicted octanol–water partition coefficient (Wildman–Crippen LogP) is 5.84. The van der Waals surface area contributed by atoms with E-state index in [0.29, 0.717) is 5.75 Å². The van der Waals surface area contributed by atoms with E-state index in [-0.39, 0.29) is 6.23 Å². The van der Waals surface area contributed by atoms with Crippen LogP contribution >= 0.6 is 0 Å². The van der Waals surface area contributed by atoms with Crippen LogP contribution in [0.1, 0.15) is 18.1 Å². The molecule has 0 saturated carbocycles. The third kappa shape index (κ3) is 7.09. The summed E-state index contributed by atoms with van der Waals surface area (Å²) < 4.78 is 10.4. The number of hydrogen-bond acceptors (Lipinski definition) is 6. The van der Waals surface area contributed by atoms with Crippen LogP contribution in [0.2, 0.25) is 0 Å². The second-order valence-corrected chi connectivity index (χ2v) is 8.36. The molecule has 0 aromatic heterocycles. The Balaban J connectivity index is 1.54. The number of anilines is 3. The molecule has 0 aliphatic rings. The van der Waals surface area contributed by atoms with E-state index < -0.39 is 11.9 Å². The minimum Gasteiger partial charge on any atom is -0.439 e. The van der Waals surface area contributed by atoms with Crippen LogP contribution < -0.4 is 14.5 Å². The largest absolute Gasteiger partial charge is 0.439 e. The summed E-state index contributed by atoms with van der Waals surface area (Å²) in [6, 6.07) is 24.1. The first-order valence-electron chi connectivity index (χ1n) is 11.7. The van der Waals surface area contributed by atoms with Crippen molar-refractivity contribution in [3.63, 3.8) is 0 Å². The summed E-state index contributed by atoms with van der Waals surface area (Å²) in [5.41, 5.74) is 5.52. The lowest BCUT2D eigenvalue weighted by Gasteiger charge is -2.26. The van der Waals surface area contributed by atoms with Crippen LogP contribution in [0.3, 0.4) is 0 Å². The Hall–Kier alpha value is -4.32. The van der Waals surface area contributed by atoms with Gasteiger partial charge in [0.25, 0.3) is 0 Å². The Kier molecular flexibility index (Phi) is 9.06. The maximum absolute atomic E-state index is 11.4. The summed E-state index contributed by atoms with van der Waals surface area (Å²) in [6.07, 6.45) is 3.77. The molecule has 0 aliphatic carbocycles. The Morgan fingerprint density at radius 1 is 0.750 bits per heavy atom. The van der Waals surface area contributed by atoms with Crippen molar-refractivity contribution < 1.29 is 19.1 Å². The number of ether oxygens (including phenoxy) is 2. The molecule has 0 fully saturated rings. The zero-order valence-corrected chi connectivity index (χ0v) is 21.0. The van der Waals surface area contributed by atoms with Gasteiger partial charge in [-0.3, -0.25) is 0 Å². The number of aryl methyl sites for hydroxylation is 2. The molecule has 0 amide bonds. The van der Waals surface area contributed by atoms with Gasteiger partial charge in [0.05, 0.1) is 0 Å². The zero-order chi connectivity index (χ0) is 26.1. The fourth-order valence-corrected chi connectivity index (χ4v) is 3.62. The molecular weight excluding hydrogens is 452 g/mol. The van der Waals surface area contributed by atoms with Gasteiger partial charge in [-0.05, 0) is 79.4 Å². The van der Waals surface area contributed by atoms with Gasteiger partial charge in [0.2, 0.25) is 0 Å². The molecule has 0 saturated heterocycles. The van der Waals surface area contributed by atoms with Gasteiger partial charge in [0, 0.05) is 43.3 Å². The number of nitrogens with zero attached hydrogens (tertiary/aromatic N) is 2. The van der Waals surface area contributed by atoms with Crippen molar-refractivity contribution in [2.24, 2.45) is 0 Å². The molecule has 0 aliphatic heterocycles. The average molecular weight is 485 g/mol. The van der Waals surface area contributed by atoms with Crippen LogP contribution in [0.25, 0.3) is 0 Å². The average Bonchev–Trinajstić information content (AvgIpc) is 2.91. The van der Waals surface area contributed by atoms with Crippen LogP contribution in [0.15, 0.2) is 98.1 Å². The second-order valence-electron chi connectivity index (χ2n) is 8.36. The third-order valence-corrected chi connectivity index (χ3v) is 5.98. The first kappa shape index (κ1) is 26.3. The van der Waals surface area contributed by atoms with Crippen molar-refractivity contribution in [3.8, 4) is 5.75 Å². The SMILES string of the molecule is C=CC(=O)Oc1ccc(N(C)c2ccc(CCc3ccc(N(C)C(C)OC(=O)C=C)cc3)cc2)cc1. The van der Waals surface area contributed by atoms with Gasteiger partial charge in [-0.1, -0.05) is 37.4 Å². The number of carbonyl (C=O) groups excluding carboxylic acids is 2. The molecular formula is C30H32N2O4. The van der Waals surface area contributed by atoms with Crippen molar-refractivity contribution >= 4 is 29.0 Å². The molecule has 3 aromatic carbocycles. The topological polar surface area (TPSA) is 59.1 Å². The molecule has 0 radical (unpaired) electrons. The van der Waals surface area contributed by atoms with Gasteiger partial charge in [0.15, 0.2) is 6.23 Å². The Bertz CT molecular complexity index is 1190. The summed E-state index contributed by atoms with van der Waals surface area (Å²) in [5, 5.41) is 0. The summed E-state index contributed by atoms with van der Waals surface area (Å²) in [5.74, 6) is -0.429. The lowest BCUT2D eigenvalue weighted by atomic mass is 10.0. The predicted molar refractivity (Wildman–Crippen MR) is 145 cm³/mol. The van der Waals surface area contributed by atoms with E-state index in [9.17, 15) is 9.59 Å². The molecule has 0 N–H and O–H groups in total. The molecule has 1 atom stereocenters. The van der Waals surface area contributed by atoms with Crippen LogP contribution in [-0.2, 0) is 27.2 Å². The maximum atomic E-state index is 11.4. The molecule has 1 unspecified atom stereocenters. The molecule has 6 heteroatoms. The zero-order valence-electron chi connectivity index (χ0n) is 21.0. The van der Waals surface area contributed by atoms with E-state index in [1.54, 1.807) is 12.1 Å². The van der Waals surface area contributed by atoms with Crippen LogP contribution in [-0.4, -0.2) is 32.3 Å². The lowest BCUT2D eigenvalue weighted by Crippen LogP contribution is -2.32.